The zero-order valence-electron chi connectivity index (χ0n) is 14.3. The molecule has 1 aliphatic heterocycles. The van der Waals surface area contributed by atoms with E-state index in [4.69, 9.17) is 0 Å². The van der Waals surface area contributed by atoms with E-state index in [0.29, 0.717) is 24.5 Å². The van der Waals surface area contributed by atoms with E-state index in [-0.39, 0.29) is 10.8 Å². The highest BCUT2D eigenvalue weighted by Crippen LogP contribution is 2.26. The van der Waals surface area contributed by atoms with Gasteiger partial charge in [-0.25, -0.2) is 13.4 Å². The number of benzene rings is 1. The van der Waals surface area contributed by atoms with Gasteiger partial charge in [0.15, 0.2) is 0 Å². The van der Waals surface area contributed by atoms with Crippen LogP contribution in [0, 0.1) is 0 Å². The van der Waals surface area contributed by atoms with Crippen molar-refractivity contribution in [2.45, 2.75) is 17.7 Å². The number of hydrogen-bond acceptors (Lipinski definition) is 6. The van der Waals surface area contributed by atoms with Crippen molar-refractivity contribution >= 4 is 44.3 Å². The minimum atomic E-state index is -3.45. The lowest BCUT2D eigenvalue weighted by molar-refractivity contribution is 0.102. The lowest BCUT2D eigenvalue weighted by atomic mass is 10.3. The first-order valence-electron chi connectivity index (χ1n) is 8.44. The standard InChI is InChI=1S/C18H17N3O3S3/c22-17(16-12-26-18(20-16)13-7-10-25-11-13)19-14-3-5-15(6-4-14)27(23,24)21-8-1-2-9-21/h3-7,10-12H,1-2,8-9H2,(H,19,22). The summed E-state index contributed by atoms with van der Waals surface area (Å²) in [6, 6.07) is 8.23. The molecule has 0 spiro atoms. The summed E-state index contributed by atoms with van der Waals surface area (Å²) in [5, 5.41) is 9.23. The quantitative estimate of drug-likeness (QED) is 0.680. The monoisotopic (exact) mass is 419 g/mol. The topological polar surface area (TPSA) is 79.4 Å². The average molecular weight is 420 g/mol. The molecular formula is C18H17N3O3S3. The summed E-state index contributed by atoms with van der Waals surface area (Å²) in [7, 11) is -3.45. The Bertz CT molecular complexity index is 1040. The summed E-state index contributed by atoms with van der Waals surface area (Å²) in [5.41, 5.74) is 1.88. The highest BCUT2D eigenvalue weighted by atomic mass is 32.2. The summed E-state index contributed by atoms with van der Waals surface area (Å²) in [6.45, 7) is 1.13. The maximum absolute atomic E-state index is 12.5. The van der Waals surface area contributed by atoms with Gasteiger partial charge in [-0.2, -0.15) is 15.6 Å². The zero-order valence-corrected chi connectivity index (χ0v) is 16.7. The fourth-order valence-electron chi connectivity index (χ4n) is 2.88. The summed E-state index contributed by atoms with van der Waals surface area (Å²) < 4.78 is 26.6. The van der Waals surface area contributed by atoms with Gasteiger partial charge in [0.2, 0.25) is 10.0 Å². The fourth-order valence-corrected chi connectivity index (χ4v) is 5.91. The molecule has 0 saturated carbocycles. The number of aromatic nitrogens is 1. The molecular weight excluding hydrogens is 402 g/mol. The predicted molar refractivity (Wildman–Crippen MR) is 108 cm³/mol. The van der Waals surface area contributed by atoms with Crippen molar-refractivity contribution in [2.24, 2.45) is 0 Å². The number of amides is 1. The molecule has 1 saturated heterocycles. The van der Waals surface area contributed by atoms with Gasteiger partial charge in [-0.15, -0.1) is 11.3 Å². The third-order valence-corrected chi connectivity index (χ3v) is 7.81. The van der Waals surface area contributed by atoms with Crippen LogP contribution in [0.2, 0.25) is 0 Å². The van der Waals surface area contributed by atoms with Crippen molar-refractivity contribution in [3.63, 3.8) is 0 Å². The number of nitrogens with zero attached hydrogens (tertiary/aromatic N) is 2. The number of carbonyl (C=O) groups excluding carboxylic acids is 1. The van der Waals surface area contributed by atoms with Gasteiger partial charge >= 0.3 is 0 Å². The molecule has 0 unspecified atom stereocenters. The van der Waals surface area contributed by atoms with Crippen molar-refractivity contribution in [1.82, 2.24) is 9.29 Å². The number of nitrogens with one attached hydrogen (secondary N) is 1. The number of rotatable bonds is 5. The van der Waals surface area contributed by atoms with E-state index in [0.717, 1.165) is 23.4 Å². The van der Waals surface area contributed by atoms with Gasteiger partial charge in [-0.1, -0.05) is 0 Å². The molecule has 3 heterocycles. The number of hydrogen-bond donors (Lipinski definition) is 1. The molecule has 140 valence electrons. The molecule has 0 aliphatic carbocycles. The second kappa shape index (κ2) is 7.51. The van der Waals surface area contributed by atoms with Crippen LogP contribution in [0.1, 0.15) is 23.3 Å². The second-order valence-electron chi connectivity index (χ2n) is 6.14. The molecule has 0 bridgehead atoms. The van der Waals surface area contributed by atoms with Crippen LogP contribution in [0.5, 0.6) is 0 Å². The van der Waals surface area contributed by atoms with Crippen LogP contribution < -0.4 is 5.32 Å². The lowest BCUT2D eigenvalue weighted by Gasteiger charge is -2.15. The molecule has 9 heteroatoms. The van der Waals surface area contributed by atoms with Crippen LogP contribution in [-0.4, -0.2) is 36.7 Å². The van der Waals surface area contributed by atoms with Crippen LogP contribution in [0.15, 0.2) is 51.4 Å². The molecule has 1 N–H and O–H groups in total. The van der Waals surface area contributed by atoms with Crippen LogP contribution in [0.25, 0.3) is 10.6 Å². The Balaban J connectivity index is 1.46. The molecule has 2 aromatic heterocycles. The smallest absolute Gasteiger partial charge is 0.275 e. The average Bonchev–Trinajstić information content (AvgIpc) is 3.44. The van der Waals surface area contributed by atoms with Gasteiger partial charge in [0.25, 0.3) is 5.91 Å². The highest BCUT2D eigenvalue weighted by Gasteiger charge is 2.27. The van der Waals surface area contributed by atoms with E-state index < -0.39 is 10.0 Å². The number of carbonyl (C=O) groups is 1. The first-order valence-corrected chi connectivity index (χ1v) is 11.7. The predicted octanol–water partition coefficient (Wildman–Crippen LogP) is 3.91. The Kier molecular flexibility index (Phi) is 5.09. The van der Waals surface area contributed by atoms with E-state index in [1.807, 2.05) is 16.8 Å². The van der Waals surface area contributed by atoms with Gasteiger partial charge in [0, 0.05) is 35.1 Å². The van der Waals surface area contributed by atoms with Crippen molar-refractivity contribution in [3.8, 4) is 10.6 Å². The maximum Gasteiger partial charge on any atom is 0.275 e. The Morgan fingerprint density at radius 3 is 2.48 bits per heavy atom. The fraction of sp³-hybridized carbons (Fsp3) is 0.222. The van der Waals surface area contributed by atoms with E-state index in [1.165, 1.54) is 27.8 Å². The third kappa shape index (κ3) is 3.81. The molecule has 1 fully saturated rings. The SMILES string of the molecule is O=C(Nc1ccc(S(=O)(=O)N2CCCC2)cc1)c1csc(-c2ccsc2)n1. The first kappa shape index (κ1) is 18.3. The number of thiophene rings is 1. The molecule has 27 heavy (non-hydrogen) atoms. The maximum atomic E-state index is 12.5. The number of sulfonamides is 1. The van der Waals surface area contributed by atoms with Crippen LogP contribution >= 0.6 is 22.7 Å². The van der Waals surface area contributed by atoms with Crippen LogP contribution in [-0.2, 0) is 10.0 Å². The largest absolute Gasteiger partial charge is 0.321 e. The van der Waals surface area contributed by atoms with E-state index in [9.17, 15) is 13.2 Å². The molecule has 1 amide bonds. The van der Waals surface area contributed by atoms with Gasteiger partial charge in [-0.3, -0.25) is 4.79 Å². The van der Waals surface area contributed by atoms with Gasteiger partial charge in [0.05, 0.1) is 4.90 Å². The Morgan fingerprint density at radius 1 is 1.07 bits per heavy atom. The second-order valence-corrected chi connectivity index (χ2v) is 9.72. The summed E-state index contributed by atoms with van der Waals surface area (Å²) >= 11 is 3.00. The molecule has 1 aromatic carbocycles. The molecule has 0 radical (unpaired) electrons. The Hall–Kier alpha value is -2.07. The van der Waals surface area contributed by atoms with Crippen LogP contribution in [0.4, 0.5) is 5.69 Å². The normalized spacial score (nSPS) is 15.1. The summed E-state index contributed by atoms with van der Waals surface area (Å²) in [4.78, 5) is 17.0. The number of anilines is 1. The molecule has 0 atom stereocenters. The van der Waals surface area contributed by atoms with Gasteiger partial charge in [0.1, 0.15) is 10.7 Å². The molecule has 6 nitrogen and oxygen atoms in total. The van der Waals surface area contributed by atoms with Crippen molar-refractivity contribution in [2.75, 3.05) is 18.4 Å². The third-order valence-electron chi connectivity index (χ3n) is 4.32. The number of thiazole rings is 1. The zero-order chi connectivity index (χ0) is 18.9. The highest BCUT2D eigenvalue weighted by molar-refractivity contribution is 7.89. The van der Waals surface area contributed by atoms with Crippen molar-refractivity contribution in [3.05, 3.63) is 52.2 Å². The molecule has 4 rings (SSSR count). The molecule has 1 aliphatic rings. The Morgan fingerprint density at radius 2 is 1.81 bits per heavy atom. The van der Waals surface area contributed by atoms with Gasteiger partial charge < -0.3 is 5.32 Å². The van der Waals surface area contributed by atoms with E-state index in [2.05, 4.69) is 10.3 Å². The van der Waals surface area contributed by atoms with E-state index in [1.54, 1.807) is 28.8 Å². The van der Waals surface area contributed by atoms with Crippen molar-refractivity contribution < 1.29 is 13.2 Å². The Labute approximate surface area is 165 Å². The molecule has 3 aromatic rings. The van der Waals surface area contributed by atoms with Crippen LogP contribution in [0.3, 0.4) is 0 Å². The first-order chi connectivity index (χ1) is 13.0. The minimum absolute atomic E-state index is 0.246. The van der Waals surface area contributed by atoms with Crippen molar-refractivity contribution in [1.29, 1.82) is 0 Å². The summed E-state index contributed by atoms with van der Waals surface area (Å²) in [6.07, 6.45) is 1.79. The summed E-state index contributed by atoms with van der Waals surface area (Å²) in [5.74, 6) is -0.317. The minimum Gasteiger partial charge on any atom is -0.321 e. The van der Waals surface area contributed by atoms with Gasteiger partial charge in [-0.05, 0) is 48.6 Å². The van der Waals surface area contributed by atoms with E-state index >= 15 is 0 Å². The lowest BCUT2D eigenvalue weighted by Crippen LogP contribution is -2.27.